The Morgan fingerprint density at radius 3 is 2.15 bits per heavy atom. The van der Waals surface area contributed by atoms with Gasteiger partial charge in [0.25, 0.3) is 0 Å². The molecule has 0 radical (unpaired) electrons. The van der Waals surface area contributed by atoms with E-state index in [9.17, 15) is 13.2 Å². The number of hydrogen-bond donors (Lipinski definition) is 0. The summed E-state index contributed by atoms with van der Waals surface area (Å²) in [6.07, 6.45) is 1.60. The standard InChI is InChI=1S/C16H17F3O/c1-2-20-14-9-7-12(8-10-14)11-3-5-13(6-4-11)15(17)16(18)19/h2,7-11,13H,1,3-6H2. The first-order valence-electron chi connectivity index (χ1n) is 6.70. The first kappa shape index (κ1) is 14.7. The largest absolute Gasteiger partial charge is 0.466 e. The molecule has 0 atom stereocenters. The second-order valence-corrected chi connectivity index (χ2v) is 5.01. The van der Waals surface area contributed by atoms with Crippen LogP contribution in [0.2, 0.25) is 0 Å². The van der Waals surface area contributed by atoms with E-state index in [1.165, 1.54) is 6.26 Å². The fraction of sp³-hybridized carbons (Fsp3) is 0.375. The van der Waals surface area contributed by atoms with Crippen LogP contribution in [0.3, 0.4) is 0 Å². The predicted molar refractivity (Wildman–Crippen MR) is 72.3 cm³/mol. The van der Waals surface area contributed by atoms with Crippen LogP contribution >= 0.6 is 0 Å². The van der Waals surface area contributed by atoms with Crippen molar-refractivity contribution < 1.29 is 17.9 Å². The van der Waals surface area contributed by atoms with Crippen LogP contribution in [0.5, 0.6) is 5.75 Å². The summed E-state index contributed by atoms with van der Waals surface area (Å²) in [5.41, 5.74) is 1.14. The van der Waals surface area contributed by atoms with Crippen LogP contribution in [0.15, 0.2) is 49.0 Å². The van der Waals surface area contributed by atoms with Gasteiger partial charge in [0.05, 0.1) is 6.26 Å². The van der Waals surface area contributed by atoms with Gasteiger partial charge in [-0.3, -0.25) is 0 Å². The summed E-state index contributed by atoms with van der Waals surface area (Å²) in [6.45, 7) is 3.48. The topological polar surface area (TPSA) is 9.23 Å². The van der Waals surface area contributed by atoms with Gasteiger partial charge in [0.1, 0.15) is 5.75 Å². The number of hydrogen-bond acceptors (Lipinski definition) is 1. The van der Waals surface area contributed by atoms with E-state index in [0.717, 1.165) is 18.4 Å². The van der Waals surface area contributed by atoms with Crippen molar-refractivity contribution >= 4 is 0 Å². The number of rotatable bonds is 4. The second-order valence-electron chi connectivity index (χ2n) is 5.01. The molecule has 108 valence electrons. The Morgan fingerprint density at radius 2 is 1.65 bits per heavy atom. The summed E-state index contributed by atoms with van der Waals surface area (Å²) in [7, 11) is 0. The molecule has 0 aliphatic heterocycles. The average molecular weight is 282 g/mol. The molecule has 0 aromatic heterocycles. The summed E-state index contributed by atoms with van der Waals surface area (Å²) < 4.78 is 42.8. The van der Waals surface area contributed by atoms with Crippen molar-refractivity contribution in [2.75, 3.05) is 0 Å². The quantitative estimate of drug-likeness (QED) is 0.657. The first-order valence-corrected chi connectivity index (χ1v) is 6.70. The van der Waals surface area contributed by atoms with Gasteiger partial charge in [-0.05, 0) is 49.3 Å². The molecule has 0 heterocycles. The first-order chi connectivity index (χ1) is 9.61. The summed E-state index contributed by atoms with van der Waals surface area (Å²) in [6, 6.07) is 7.63. The molecule has 0 amide bonds. The van der Waals surface area contributed by atoms with Crippen LogP contribution in [-0.2, 0) is 0 Å². The van der Waals surface area contributed by atoms with Gasteiger partial charge in [0, 0.05) is 5.92 Å². The monoisotopic (exact) mass is 282 g/mol. The molecule has 0 N–H and O–H groups in total. The third kappa shape index (κ3) is 3.44. The van der Waals surface area contributed by atoms with E-state index < -0.39 is 17.8 Å². The second kappa shape index (κ2) is 6.64. The summed E-state index contributed by atoms with van der Waals surface area (Å²) in [5.74, 6) is -0.816. The summed E-state index contributed by atoms with van der Waals surface area (Å²) >= 11 is 0. The van der Waals surface area contributed by atoms with Gasteiger partial charge in [-0.2, -0.15) is 8.78 Å². The number of benzene rings is 1. The fourth-order valence-corrected chi connectivity index (χ4v) is 2.75. The van der Waals surface area contributed by atoms with Crippen LogP contribution in [0, 0.1) is 5.92 Å². The normalized spacial score (nSPS) is 22.1. The van der Waals surface area contributed by atoms with Gasteiger partial charge >= 0.3 is 6.08 Å². The Bertz CT molecular complexity index is 481. The number of allylic oxidation sites excluding steroid dienone is 1. The molecule has 0 unspecified atom stereocenters. The minimum absolute atomic E-state index is 0.305. The highest BCUT2D eigenvalue weighted by molar-refractivity contribution is 5.30. The van der Waals surface area contributed by atoms with E-state index in [4.69, 9.17) is 4.74 Å². The molecule has 2 rings (SSSR count). The molecule has 4 heteroatoms. The summed E-state index contributed by atoms with van der Waals surface area (Å²) in [4.78, 5) is 0. The van der Waals surface area contributed by atoms with Crippen molar-refractivity contribution in [1.29, 1.82) is 0 Å². The number of ether oxygens (including phenoxy) is 1. The molecule has 20 heavy (non-hydrogen) atoms. The zero-order valence-electron chi connectivity index (χ0n) is 11.1. The van der Waals surface area contributed by atoms with Crippen molar-refractivity contribution in [2.24, 2.45) is 5.92 Å². The Kier molecular flexibility index (Phi) is 4.88. The van der Waals surface area contributed by atoms with E-state index in [0.29, 0.717) is 24.5 Å². The van der Waals surface area contributed by atoms with Crippen molar-refractivity contribution in [3.8, 4) is 5.75 Å². The molecular formula is C16H17F3O. The Balaban J connectivity index is 1.96. The third-order valence-corrected chi connectivity index (χ3v) is 3.84. The van der Waals surface area contributed by atoms with Gasteiger partial charge in [-0.15, -0.1) is 0 Å². The van der Waals surface area contributed by atoms with Crippen LogP contribution in [0.1, 0.15) is 37.2 Å². The molecule has 1 aliphatic carbocycles. The van der Waals surface area contributed by atoms with Crippen LogP contribution in [-0.4, -0.2) is 0 Å². The lowest BCUT2D eigenvalue weighted by Gasteiger charge is -2.27. The van der Waals surface area contributed by atoms with E-state index in [2.05, 4.69) is 6.58 Å². The molecule has 1 saturated carbocycles. The lowest BCUT2D eigenvalue weighted by molar-refractivity contribution is 0.281. The Hall–Kier alpha value is -1.71. The van der Waals surface area contributed by atoms with Crippen molar-refractivity contribution in [2.45, 2.75) is 31.6 Å². The predicted octanol–water partition coefficient (Wildman–Crippen LogP) is 5.56. The zero-order chi connectivity index (χ0) is 14.5. The highest BCUT2D eigenvalue weighted by Gasteiger charge is 2.27. The number of halogens is 3. The Morgan fingerprint density at radius 1 is 1.05 bits per heavy atom. The van der Waals surface area contributed by atoms with Crippen LogP contribution in [0.4, 0.5) is 13.2 Å². The molecule has 0 saturated heterocycles. The maximum absolute atomic E-state index is 13.2. The highest BCUT2D eigenvalue weighted by Crippen LogP contribution is 2.40. The van der Waals surface area contributed by atoms with E-state index in [1.54, 1.807) is 0 Å². The van der Waals surface area contributed by atoms with Crippen molar-refractivity contribution in [3.63, 3.8) is 0 Å². The summed E-state index contributed by atoms with van der Waals surface area (Å²) in [5, 5.41) is 0. The molecule has 1 aliphatic rings. The van der Waals surface area contributed by atoms with Crippen LogP contribution < -0.4 is 4.74 Å². The molecule has 0 bridgehead atoms. The Labute approximate surface area is 116 Å². The van der Waals surface area contributed by atoms with Gasteiger partial charge < -0.3 is 4.74 Å². The lowest BCUT2D eigenvalue weighted by atomic mass is 9.78. The SMILES string of the molecule is C=COc1ccc(C2CCC(C(F)=C(F)F)CC2)cc1. The minimum Gasteiger partial charge on any atom is -0.466 e. The van der Waals surface area contributed by atoms with Gasteiger partial charge in [0.15, 0.2) is 5.83 Å². The van der Waals surface area contributed by atoms with Gasteiger partial charge in [-0.1, -0.05) is 18.7 Å². The molecule has 1 aromatic rings. The fourth-order valence-electron chi connectivity index (χ4n) is 2.75. The maximum atomic E-state index is 13.2. The van der Waals surface area contributed by atoms with Crippen molar-refractivity contribution in [3.05, 3.63) is 54.6 Å². The van der Waals surface area contributed by atoms with Crippen LogP contribution in [0.25, 0.3) is 0 Å². The minimum atomic E-state index is -2.17. The molecular weight excluding hydrogens is 265 g/mol. The molecule has 1 nitrogen and oxygen atoms in total. The lowest BCUT2D eigenvalue weighted by Crippen LogP contribution is -2.14. The maximum Gasteiger partial charge on any atom is 0.301 e. The van der Waals surface area contributed by atoms with Gasteiger partial charge in [-0.25, -0.2) is 4.39 Å². The molecule has 1 aromatic carbocycles. The smallest absolute Gasteiger partial charge is 0.301 e. The van der Waals surface area contributed by atoms with Crippen molar-refractivity contribution in [1.82, 2.24) is 0 Å². The van der Waals surface area contributed by atoms with Gasteiger partial charge in [0.2, 0.25) is 0 Å². The third-order valence-electron chi connectivity index (χ3n) is 3.84. The average Bonchev–Trinajstić information content (AvgIpc) is 2.48. The van der Waals surface area contributed by atoms with E-state index in [-0.39, 0.29) is 0 Å². The van der Waals surface area contributed by atoms with E-state index in [1.807, 2.05) is 24.3 Å². The zero-order valence-corrected chi connectivity index (χ0v) is 11.1. The molecule has 0 spiro atoms. The highest BCUT2D eigenvalue weighted by atomic mass is 19.3. The van der Waals surface area contributed by atoms with E-state index >= 15 is 0 Å². The molecule has 1 fully saturated rings.